The van der Waals surface area contributed by atoms with E-state index in [1.54, 1.807) is 0 Å². The molecule has 326 valence electrons. The monoisotopic (exact) mass is 813 g/mol. The van der Waals surface area contributed by atoms with Crippen molar-refractivity contribution < 1.29 is 29.3 Å². The number of aliphatic hydroxyl groups excluding tert-OH is 1. The van der Waals surface area contributed by atoms with Gasteiger partial charge in [0.05, 0.1) is 17.9 Å². The number of Topliss-reactive ketones (excluding diaryl/α,β-unsaturated/α-hetero) is 1. The maximum Gasteiger partial charge on any atom is 0.309 e. The summed E-state index contributed by atoms with van der Waals surface area (Å²) in [6.45, 7) is 24.0. The van der Waals surface area contributed by atoms with Gasteiger partial charge in [-0.05, 0) is 146 Å². The van der Waals surface area contributed by atoms with Gasteiger partial charge in [0.1, 0.15) is 6.10 Å². The van der Waals surface area contributed by atoms with Crippen LogP contribution in [0.15, 0.2) is 35.4 Å². The third-order valence-corrected chi connectivity index (χ3v) is 19.5. The summed E-state index contributed by atoms with van der Waals surface area (Å²) in [6, 6.07) is 8.93. The van der Waals surface area contributed by atoms with Gasteiger partial charge in [0.25, 0.3) is 0 Å². The number of rotatable bonds is 10. The van der Waals surface area contributed by atoms with E-state index in [2.05, 4.69) is 82.9 Å². The van der Waals surface area contributed by atoms with Crippen molar-refractivity contribution in [1.82, 2.24) is 5.32 Å². The molecule has 8 rings (SSSR count). The minimum Gasteiger partial charge on any atom is -0.481 e. The van der Waals surface area contributed by atoms with E-state index in [1.165, 1.54) is 36.1 Å². The van der Waals surface area contributed by atoms with Crippen molar-refractivity contribution in [2.75, 3.05) is 24.5 Å². The number of ketones is 1. The lowest BCUT2D eigenvalue weighted by Gasteiger charge is -2.72. The fraction of sp³-hybridized carbons (Fsp3) is 0.784. The van der Waals surface area contributed by atoms with Crippen LogP contribution in [0.25, 0.3) is 0 Å². The number of aliphatic hydroxyl groups is 1. The lowest BCUT2D eigenvalue weighted by molar-refractivity contribution is -0.238. The Hall–Kier alpha value is -2.71. The molecule has 6 aliphatic carbocycles. The number of carboxylic acid groups (broad SMARTS) is 1. The lowest BCUT2D eigenvalue weighted by atomic mass is 9.33. The van der Waals surface area contributed by atoms with Gasteiger partial charge in [-0.15, -0.1) is 0 Å². The zero-order valence-electron chi connectivity index (χ0n) is 37.9. The minimum absolute atomic E-state index is 0.000681. The molecule has 59 heavy (non-hydrogen) atoms. The number of aliphatic carboxylic acids is 1. The van der Waals surface area contributed by atoms with Crippen LogP contribution >= 0.6 is 0 Å². The van der Waals surface area contributed by atoms with Gasteiger partial charge < -0.3 is 25.2 Å². The number of carbonyl (C=O) groups excluding carboxylic acids is 2. The van der Waals surface area contributed by atoms with Gasteiger partial charge in [-0.3, -0.25) is 14.4 Å². The number of anilines is 1. The number of benzene rings is 1. The van der Waals surface area contributed by atoms with Crippen LogP contribution in [0.1, 0.15) is 151 Å². The highest BCUT2D eigenvalue weighted by atomic mass is 16.5. The van der Waals surface area contributed by atoms with Crippen LogP contribution in [0.3, 0.4) is 0 Å². The highest BCUT2D eigenvalue weighted by molar-refractivity contribution is 6.00. The molecule has 8 heteroatoms. The fourth-order valence-electron chi connectivity index (χ4n) is 15.8. The predicted molar refractivity (Wildman–Crippen MR) is 233 cm³/mol. The molecule has 7 aliphatic rings. The van der Waals surface area contributed by atoms with E-state index in [4.69, 9.17) is 4.74 Å². The summed E-state index contributed by atoms with van der Waals surface area (Å²) in [4.78, 5) is 42.2. The second-order valence-electron chi connectivity index (χ2n) is 23.0. The van der Waals surface area contributed by atoms with E-state index < -0.39 is 28.8 Å². The fourth-order valence-corrected chi connectivity index (χ4v) is 15.8. The first-order valence-corrected chi connectivity index (χ1v) is 23.7. The molecule has 3 N–H and O–H groups in total. The summed E-state index contributed by atoms with van der Waals surface area (Å²) in [5, 5.41) is 25.7. The molecular weight excluding hydrogens is 737 g/mol. The maximum atomic E-state index is 14.2. The van der Waals surface area contributed by atoms with Crippen molar-refractivity contribution in [1.29, 1.82) is 0 Å². The molecule has 0 bridgehead atoms. The number of ether oxygens (including phenoxy) is 1. The molecule has 11 atom stereocenters. The van der Waals surface area contributed by atoms with Crippen molar-refractivity contribution >= 4 is 23.4 Å². The molecule has 6 fully saturated rings. The number of esters is 1. The van der Waals surface area contributed by atoms with E-state index in [0.29, 0.717) is 37.8 Å². The Labute approximate surface area is 355 Å². The maximum absolute atomic E-state index is 14.2. The van der Waals surface area contributed by atoms with E-state index in [1.807, 2.05) is 13.8 Å². The first-order valence-electron chi connectivity index (χ1n) is 23.7. The number of nitrogens with one attached hydrogen (secondary N) is 1. The van der Waals surface area contributed by atoms with Gasteiger partial charge in [0, 0.05) is 49.1 Å². The number of hydrogen-bond acceptors (Lipinski definition) is 7. The molecule has 1 saturated heterocycles. The molecule has 1 unspecified atom stereocenters. The van der Waals surface area contributed by atoms with Gasteiger partial charge in [0.15, 0.2) is 5.78 Å². The summed E-state index contributed by atoms with van der Waals surface area (Å²) in [6.07, 6.45) is 11.9. The Balaban J connectivity index is 0.992. The topological polar surface area (TPSA) is 116 Å². The largest absolute Gasteiger partial charge is 0.481 e. The second kappa shape index (κ2) is 15.0. The second-order valence-corrected chi connectivity index (χ2v) is 23.0. The van der Waals surface area contributed by atoms with Crippen LogP contribution in [-0.4, -0.2) is 59.8 Å². The zero-order valence-corrected chi connectivity index (χ0v) is 37.9. The molecule has 1 aromatic carbocycles. The Kier molecular flexibility index (Phi) is 10.9. The Bertz CT molecular complexity index is 1840. The number of hydrogen-bond donors (Lipinski definition) is 3. The molecule has 5 saturated carbocycles. The van der Waals surface area contributed by atoms with E-state index in [0.717, 1.165) is 70.0 Å². The van der Waals surface area contributed by atoms with Crippen molar-refractivity contribution in [2.24, 2.45) is 68.0 Å². The average Bonchev–Trinajstić information content (AvgIpc) is 3.49. The SMILES string of the molecule is CC(C)C1=C2C3CC[C@@H]4[C@@]5(C)CC[C@H](OC(=O)[C@H]6C[C@@H](C(=O)O)C6(C)C)C(C)(C)[C@@H]5CC[C@@]4(C)[C@]3(C)CC[C@@]2([C@@H](O)CNCc2ccc(N3CCCCC3)cc2)CC1=O. The summed E-state index contributed by atoms with van der Waals surface area (Å²) in [5.74, 6) is -0.366. The number of allylic oxidation sites excluding steroid dienone is 1. The first-order chi connectivity index (χ1) is 27.7. The normalized spacial score (nSPS) is 40.3. The summed E-state index contributed by atoms with van der Waals surface area (Å²) >= 11 is 0. The molecule has 1 heterocycles. The van der Waals surface area contributed by atoms with Crippen LogP contribution < -0.4 is 10.2 Å². The highest BCUT2D eigenvalue weighted by Gasteiger charge is 2.71. The third kappa shape index (κ3) is 6.51. The van der Waals surface area contributed by atoms with Crippen molar-refractivity contribution in [2.45, 2.75) is 165 Å². The van der Waals surface area contributed by atoms with Crippen LogP contribution in [0, 0.1) is 68.0 Å². The van der Waals surface area contributed by atoms with Crippen LogP contribution in [0.5, 0.6) is 0 Å². The van der Waals surface area contributed by atoms with Gasteiger partial charge in [-0.2, -0.15) is 0 Å². The Morgan fingerprint density at radius 1 is 0.831 bits per heavy atom. The smallest absolute Gasteiger partial charge is 0.309 e. The third-order valence-electron chi connectivity index (χ3n) is 19.5. The molecule has 8 nitrogen and oxygen atoms in total. The van der Waals surface area contributed by atoms with Gasteiger partial charge in [-0.25, -0.2) is 0 Å². The summed E-state index contributed by atoms with van der Waals surface area (Å²) in [5.41, 5.74) is 3.68. The number of nitrogens with zero attached hydrogens (tertiary/aromatic N) is 1. The summed E-state index contributed by atoms with van der Waals surface area (Å²) < 4.78 is 6.44. The molecule has 0 amide bonds. The van der Waals surface area contributed by atoms with E-state index in [-0.39, 0.29) is 57.3 Å². The standard InChI is InChI=1S/C51H76N2O6/c1-31(2)42-37(54)28-51(40(55)30-52-29-32-13-15-33(16-14-32)53-25-11-10-12-26-53)24-23-49(8)34(43(42)51)17-18-39-48(7)21-20-41(47(5,6)38(48)19-22-50(39,49)9)59-45(58)36-27-35(44(56)57)46(36,3)4/h13-16,31,34-36,38-41,52,55H,10-12,17-30H2,1-9H3,(H,56,57)/t34?,35-,36+,38-,39+,40-,41-,48-,49+,50+,51-/m0/s1. The van der Waals surface area contributed by atoms with Crippen molar-refractivity contribution in [3.63, 3.8) is 0 Å². The number of fused-ring (bicyclic) bond motifs is 7. The lowest BCUT2D eigenvalue weighted by Crippen LogP contribution is -2.66. The molecule has 0 aromatic heterocycles. The molecular formula is C51H76N2O6. The molecule has 1 aliphatic heterocycles. The van der Waals surface area contributed by atoms with Crippen LogP contribution in [0.2, 0.25) is 0 Å². The van der Waals surface area contributed by atoms with E-state index >= 15 is 0 Å². The van der Waals surface area contributed by atoms with Gasteiger partial charge >= 0.3 is 11.9 Å². The molecule has 1 aromatic rings. The number of piperidine rings is 1. The number of carboxylic acids is 1. The number of carbonyl (C=O) groups is 3. The predicted octanol–water partition coefficient (Wildman–Crippen LogP) is 9.77. The molecule has 0 spiro atoms. The minimum atomic E-state index is -0.824. The highest BCUT2D eigenvalue weighted by Crippen LogP contribution is 2.77. The van der Waals surface area contributed by atoms with Crippen molar-refractivity contribution in [3.05, 3.63) is 41.0 Å². The first kappa shape index (κ1) is 43.0. The average molecular weight is 813 g/mol. The zero-order chi connectivity index (χ0) is 42.5. The van der Waals surface area contributed by atoms with Crippen LogP contribution in [0.4, 0.5) is 5.69 Å². The Morgan fingerprint density at radius 3 is 2.17 bits per heavy atom. The van der Waals surface area contributed by atoms with Crippen LogP contribution in [-0.2, 0) is 25.7 Å². The van der Waals surface area contributed by atoms with Gasteiger partial charge in [-0.1, -0.05) is 80.0 Å². The van der Waals surface area contributed by atoms with E-state index in [9.17, 15) is 24.6 Å². The van der Waals surface area contributed by atoms with Gasteiger partial charge in [0.2, 0.25) is 0 Å². The molecule has 0 radical (unpaired) electrons. The summed E-state index contributed by atoms with van der Waals surface area (Å²) in [7, 11) is 0. The Morgan fingerprint density at radius 2 is 1.53 bits per heavy atom. The quantitative estimate of drug-likeness (QED) is 0.200. The van der Waals surface area contributed by atoms with Crippen molar-refractivity contribution in [3.8, 4) is 0 Å².